The van der Waals surface area contributed by atoms with Gasteiger partial charge in [-0.15, -0.1) is 0 Å². The van der Waals surface area contributed by atoms with Gasteiger partial charge in [0.2, 0.25) is 0 Å². The lowest BCUT2D eigenvalue weighted by Crippen LogP contribution is -2.37. The van der Waals surface area contributed by atoms with E-state index in [-0.39, 0.29) is 23.7 Å². The van der Waals surface area contributed by atoms with Gasteiger partial charge in [0.1, 0.15) is 0 Å². The van der Waals surface area contributed by atoms with E-state index in [0.717, 1.165) is 26.8 Å². The van der Waals surface area contributed by atoms with Crippen molar-refractivity contribution < 1.29 is 9.59 Å². The van der Waals surface area contributed by atoms with Crippen molar-refractivity contribution in [3.63, 3.8) is 0 Å². The summed E-state index contributed by atoms with van der Waals surface area (Å²) in [5.41, 5.74) is 8.15. The summed E-state index contributed by atoms with van der Waals surface area (Å²) in [6, 6.07) is 14.3. The Morgan fingerprint density at radius 1 is 0.697 bits per heavy atom. The van der Waals surface area contributed by atoms with Crippen molar-refractivity contribution in [3.8, 4) is 0 Å². The van der Waals surface area contributed by atoms with Crippen LogP contribution in [0.15, 0.2) is 92.0 Å². The quantitative estimate of drug-likeness (QED) is 0.398. The molecule has 2 N–H and O–H groups in total. The zero-order chi connectivity index (χ0) is 22.9. The fourth-order valence-electron chi connectivity index (χ4n) is 4.81. The minimum Gasteiger partial charge on any atom is -0.267 e. The van der Waals surface area contributed by atoms with Crippen LogP contribution in [-0.4, -0.2) is 23.2 Å². The molecular weight excluding hydrogens is 548 g/mol. The number of benzene rings is 2. The van der Waals surface area contributed by atoms with Gasteiger partial charge in [0.25, 0.3) is 11.8 Å². The standard InChI is InChI=1S/C25H20Br2N4O2/c26-18-7-3-14(4-8-18)24(32)30-28-20-11-12-21(23-17-2-1-16(13-17)22(20)23)29-31-25(33)15-5-9-19(27)10-6-15/h1-12,16-17,22-23H,13H2,(H,30,32)(H,31,33)/b28-20-,29-21-/t16-,17-,22-,23-/m0/s1. The lowest BCUT2D eigenvalue weighted by atomic mass is 9.74. The molecule has 0 radical (unpaired) electrons. The number of hydrogen-bond acceptors (Lipinski definition) is 4. The summed E-state index contributed by atoms with van der Waals surface area (Å²) < 4.78 is 1.83. The summed E-state index contributed by atoms with van der Waals surface area (Å²) in [5.74, 6) is 0.443. The van der Waals surface area contributed by atoms with Crippen molar-refractivity contribution in [2.24, 2.45) is 33.9 Å². The second-order valence-corrected chi connectivity index (χ2v) is 10.1. The van der Waals surface area contributed by atoms with Crippen LogP contribution in [-0.2, 0) is 0 Å². The molecular formula is C25H20Br2N4O2. The van der Waals surface area contributed by atoms with Crippen LogP contribution in [0, 0.1) is 23.7 Å². The Hall–Kier alpha value is -2.84. The molecule has 5 rings (SSSR count). The molecule has 0 aliphatic heterocycles. The molecule has 2 bridgehead atoms. The number of nitrogens with zero attached hydrogens (tertiary/aromatic N) is 2. The van der Waals surface area contributed by atoms with E-state index < -0.39 is 0 Å². The number of nitrogens with one attached hydrogen (secondary N) is 2. The van der Waals surface area contributed by atoms with E-state index in [1.807, 2.05) is 36.4 Å². The van der Waals surface area contributed by atoms with Crippen molar-refractivity contribution in [1.82, 2.24) is 10.9 Å². The Balaban J connectivity index is 1.35. The number of rotatable bonds is 4. The SMILES string of the molecule is O=C(N/N=C1C=C/C(=N/NC(=O)c2ccc(Br)cc2)[C@H]2[C@H]/1[C@H]1C=C[C@H]2C1)c1ccc(Br)cc1. The smallest absolute Gasteiger partial charge is 0.267 e. The van der Waals surface area contributed by atoms with Crippen molar-refractivity contribution >= 4 is 55.1 Å². The normalized spacial score (nSPS) is 27.1. The molecule has 2 amide bonds. The number of fused-ring (bicyclic) bond motifs is 5. The topological polar surface area (TPSA) is 82.9 Å². The Kier molecular flexibility index (Phi) is 6.12. The molecule has 2 aromatic carbocycles. The molecule has 2 aromatic rings. The number of allylic oxidation sites excluding steroid dienone is 4. The zero-order valence-electron chi connectivity index (χ0n) is 17.4. The van der Waals surface area contributed by atoms with Gasteiger partial charge in [0.15, 0.2) is 0 Å². The van der Waals surface area contributed by atoms with Crippen molar-refractivity contribution in [2.75, 3.05) is 0 Å². The van der Waals surface area contributed by atoms with E-state index in [0.29, 0.717) is 23.0 Å². The van der Waals surface area contributed by atoms with E-state index in [4.69, 9.17) is 0 Å². The second kappa shape index (κ2) is 9.19. The third-order valence-electron chi connectivity index (χ3n) is 6.35. The van der Waals surface area contributed by atoms with Crippen molar-refractivity contribution in [3.05, 3.63) is 92.9 Å². The third kappa shape index (κ3) is 4.50. The molecule has 4 atom stereocenters. The highest BCUT2D eigenvalue weighted by Crippen LogP contribution is 2.50. The Morgan fingerprint density at radius 3 is 1.48 bits per heavy atom. The van der Waals surface area contributed by atoms with Crippen LogP contribution in [0.1, 0.15) is 27.1 Å². The molecule has 6 nitrogen and oxygen atoms in total. The molecule has 0 spiro atoms. The predicted molar refractivity (Wildman–Crippen MR) is 135 cm³/mol. The number of halogens is 2. The highest BCUT2D eigenvalue weighted by Gasteiger charge is 2.49. The van der Waals surface area contributed by atoms with Gasteiger partial charge in [-0.05, 0) is 78.9 Å². The Morgan fingerprint density at radius 2 is 1.09 bits per heavy atom. The maximum absolute atomic E-state index is 12.5. The van der Waals surface area contributed by atoms with E-state index in [1.54, 1.807) is 24.3 Å². The maximum atomic E-state index is 12.5. The van der Waals surface area contributed by atoms with Gasteiger partial charge < -0.3 is 0 Å². The highest BCUT2D eigenvalue weighted by atomic mass is 79.9. The number of hydrogen-bond donors (Lipinski definition) is 2. The molecule has 0 aromatic heterocycles. The molecule has 3 aliphatic rings. The van der Waals surface area contributed by atoms with E-state index in [2.05, 4.69) is 65.1 Å². The third-order valence-corrected chi connectivity index (χ3v) is 7.41. The molecule has 0 unspecified atom stereocenters. The van der Waals surface area contributed by atoms with E-state index in [9.17, 15) is 9.59 Å². The number of carbonyl (C=O) groups excluding carboxylic acids is 2. The first-order valence-electron chi connectivity index (χ1n) is 10.6. The van der Waals surface area contributed by atoms with Crippen LogP contribution in [0.2, 0.25) is 0 Å². The largest absolute Gasteiger partial charge is 0.271 e. The van der Waals surface area contributed by atoms with Gasteiger partial charge in [-0.25, -0.2) is 10.9 Å². The molecule has 1 saturated carbocycles. The van der Waals surface area contributed by atoms with Gasteiger partial charge in [0, 0.05) is 31.9 Å². The minimum absolute atomic E-state index is 0.124. The van der Waals surface area contributed by atoms with Gasteiger partial charge in [-0.2, -0.15) is 10.2 Å². The van der Waals surface area contributed by atoms with Crippen LogP contribution >= 0.6 is 31.9 Å². The lowest BCUT2D eigenvalue weighted by molar-refractivity contribution is 0.0946. The van der Waals surface area contributed by atoms with Crippen LogP contribution in [0.4, 0.5) is 0 Å². The highest BCUT2D eigenvalue weighted by molar-refractivity contribution is 9.10. The van der Waals surface area contributed by atoms with Crippen molar-refractivity contribution in [1.29, 1.82) is 0 Å². The van der Waals surface area contributed by atoms with E-state index in [1.165, 1.54) is 0 Å². The summed E-state index contributed by atoms with van der Waals surface area (Å²) in [4.78, 5) is 25.0. The summed E-state index contributed by atoms with van der Waals surface area (Å²) in [6.07, 6.45) is 9.27. The maximum Gasteiger partial charge on any atom is 0.271 e. The van der Waals surface area contributed by atoms with Crippen molar-refractivity contribution in [2.45, 2.75) is 6.42 Å². The summed E-state index contributed by atoms with van der Waals surface area (Å²) in [7, 11) is 0. The lowest BCUT2D eigenvalue weighted by Gasteiger charge is -2.31. The average molecular weight is 568 g/mol. The monoisotopic (exact) mass is 566 g/mol. The Labute approximate surface area is 208 Å². The molecule has 3 aliphatic carbocycles. The number of carbonyl (C=O) groups is 2. The van der Waals surface area contributed by atoms with Gasteiger partial charge in [-0.3, -0.25) is 9.59 Å². The summed E-state index contributed by atoms with van der Waals surface area (Å²) in [5, 5.41) is 8.93. The average Bonchev–Trinajstić information content (AvgIpc) is 3.45. The predicted octanol–water partition coefficient (Wildman–Crippen LogP) is 5.09. The molecule has 166 valence electrons. The molecule has 1 fully saturated rings. The first kappa shape index (κ1) is 22.0. The van der Waals surface area contributed by atoms with Gasteiger partial charge in [0.05, 0.1) is 11.4 Å². The molecule has 0 saturated heterocycles. The second-order valence-electron chi connectivity index (χ2n) is 8.30. The first-order chi connectivity index (χ1) is 16.0. The number of amides is 2. The minimum atomic E-state index is -0.250. The summed E-state index contributed by atoms with van der Waals surface area (Å²) >= 11 is 6.75. The number of hydrazone groups is 2. The Bertz CT molecular complexity index is 1120. The summed E-state index contributed by atoms with van der Waals surface area (Å²) in [6.45, 7) is 0. The fourth-order valence-corrected chi connectivity index (χ4v) is 5.34. The molecule has 33 heavy (non-hydrogen) atoms. The van der Waals surface area contributed by atoms with Gasteiger partial charge >= 0.3 is 0 Å². The fraction of sp³-hybridized carbons (Fsp3) is 0.200. The van der Waals surface area contributed by atoms with E-state index >= 15 is 0 Å². The molecule has 8 heteroatoms. The van der Waals surface area contributed by atoms with Crippen LogP contribution in [0.3, 0.4) is 0 Å². The zero-order valence-corrected chi connectivity index (χ0v) is 20.6. The molecule has 0 heterocycles. The van der Waals surface area contributed by atoms with Crippen LogP contribution in [0.5, 0.6) is 0 Å². The van der Waals surface area contributed by atoms with Crippen LogP contribution in [0.25, 0.3) is 0 Å². The first-order valence-corrected chi connectivity index (χ1v) is 12.2. The van der Waals surface area contributed by atoms with Gasteiger partial charge in [-0.1, -0.05) is 44.0 Å². The van der Waals surface area contributed by atoms with Crippen LogP contribution < -0.4 is 10.9 Å².